The zero-order chi connectivity index (χ0) is 17.4. The Kier molecular flexibility index (Phi) is 4.13. The Hall–Kier alpha value is -2.47. The third-order valence-electron chi connectivity index (χ3n) is 4.60. The highest BCUT2D eigenvalue weighted by Crippen LogP contribution is 2.30. The summed E-state index contributed by atoms with van der Waals surface area (Å²) in [5.41, 5.74) is 4.11. The second-order valence-corrected chi connectivity index (χ2v) is 6.58. The molecular formula is C19H22N4O2. The zero-order valence-corrected chi connectivity index (χ0v) is 14.8. The second kappa shape index (κ2) is 6.44. The number of nitrogens with zero attached hydrogens (tertiary/aromatic N) is 4. The molecule has 25 heavy (non-hydrogen) atoms. The molecule has 2 aliphatic rings. The summed E-state index contributed by atoms with van der Waals surface area (Å²) in [6, 6.07) is 6.10. The van der Waals surface area contributed by atoms with Gasteiger partial charge in [-0.25, -0.2) is 9.97 Å². The van der Waals surface area contributed by atoms with Gasteiger partial charge in [-0.05, 0) is 37.6 Å². The van der Waals surface area contributed by atoms with Gasteiger partial charge in [0.05, 0.1) is 37.1 Å². The van der Waals surface area contributed by atoms with Crippen molar-refractivity contribution in [3.8, 4) is 5.88 Å². The number of rotatable bonds is 3. The summed E-state index contributed by atoms with van der Waals surface area (Å²) < 4.78 is 11.3. The number of hydrogen-bond acceptors (Lipinski definition) is 6. The minimum atomic E-state index is 0.197. The van der Waals surface area contributed by atoms with Crippen molar-refractivity contribution >= 4 is 11.5 Å². The third-order valence-corrected chi connectivity index (χ3v) is 4.60. The second-order valence-electron chi connectivity index (χ2n) is 6.58. The van der Waals surface area contributed by atoms with Crippen molar-refractivity contribution in [3.63, 3.8) is 0 Å². The average Bonchev–Trinajstić information content (AvgIpc) is 3.05. The van der Waals surface area contributed by atoms with E-state index in [0.717, 1.165) is 41.3 Å². The van der Waals surface area contributed by atoms with Crippen molar-refractivity contribution in [2.24, 2.45) is 4.99 Å². The van der Waals surface area contributed by atoms with Crippen LogP contribution in [0.1, 0.15) is 30.5 Å². The molecule has 0 bridgehead atoms. The summed E-state index contributed by atoms with van der Waals surface area (Å²) >= 11 is 0. The molecule has 130 valence electrons. The number of methoxy groups -OCH3 is 1. The zero-order valence-electron chi connectivity index (χ0n) is 14.8. The molecule has 0 spiro atoms. The fraction of sp³-hybridized carbons (Fsp3) is 0.421. The molecule has 0 aliphatic carbocycles. The monoisotopic (exact) mass is 338 g/mol. The molecular weight excluding hydrogens is 316 g/mol. The molecule has 2 aromatic heterocycles. The fourth-order valence-electron chi connectivity index (χ4n) is 3.60. The summed E-state index contributed by atoms with van der Waals surface area (Å²) in [7, 11) is 1.65. The van der Waals surface area contributed by atoms with Crippen LogP contribution in [0.15, 0.2) is 35.6 Å². The first-order valence-electron chi connectivity index (χ1n) is 8.59. The number of pyridine rings is 2. The first-order chi connectivity index (χ1) is 12.2. The lowest BCUT2D eigenvalue weighted by Gasteiger charge is -2.36. The largest absolute Gasteiger partial charge is 0.480 e. The van der Waals surface area contributed by atoms with Gasteiger partial charge in [-0.3, -0.25) is 4.99 Å². The van der Waals surface area contributed by atoms with E-state index in [9.17, 15) is 0 Å². The Labute approximate surface area is 147 Å². The molecule has 1 fully saturated rings. The van der Waals surface area contributed by atoms with E-state index >= 15 is 0 Å². The van der Waals surface area contributed by atoms with E-state index in [4.69, 9.17) is 14.5 Å². The van der Waals surface area contributed by atoms with Crippen molar-refractivity contribution in [1.29, 1.82) is 0 Å². The van der Waals surface area contributed by atoms with Gasteiger partial charge in [-0.2, -0.15) is 0 Å². The van der Waals surface area contributed by atoms with E-state index in [0.29, 0.717) is 12.4 Å². The smallest absolute Gasteiger partial charge is 0.222 e. The van der Waals surface area contributed by atoms with Crippen LogP contribution in [-0.4, -0.2) is 48.1 Å². The highest BCUT2D eigenvalue weighted by atomic mass is 16.5. The molecule has 1 saturated heterocycles. The third kappa shape index (κ3) is 2.98. The molecule has 0 amide bonds. The van der Waals surface area contributed by atoms with Gasteiger partial charge in [0.15, 0.2) is 0 Å². The molecule has 2 atom stereocenters. The van der Waals surface area contributed by atoms with Gasteiger partial charge < -0.3 is 14.4 Å². The number of ether oxygens (including phenoxy) is 2. The van der Waals surface area contributed by atoms with Gasteiger partial charge in [0.2, 0.25) is 5.88 Å². The molecule has 2 aliphatic heterocycles. The minimum Gasteiger partial charge on any atom is -0.480 e. The van der Waals surface area contributed by atoms with E-state index in [1.54, 1.807) is 13.3 Å². The van der Waals surface area contributed by atoms with Crippen molar-refractivity contribution in [2.75, 3.05) is 25.1 Å². The molecule has 4 rings (SSSR count). The predicted octanol–water partition coefficient (Wildman–Crippen LogP) is 2.45. The first-order valence-corrected chi connectivity index (χ1v) is 8.59. The SMILES string of the molecule is COc1nccc2c1C(c1ccnc(N3CC(C)OC(C)C3)c1)=NC2. The van der Waals surface area contributed by atoms with Gasteiger partial charge in [0, 0.05) is 31.0 Å². The summed E-state index contributed by atoms with van der Waals surface area (Å²) in [5, 5.41) is 0. The summed E-state index contributed by atoms with van der Waals surface area (Å²) in [6.07, 6.45) is 4.01. The van der Waals surface area contributed by atoms with E-state index in [1.807, 2.05) is 18.3 Å². The summed E-state index contributed by atoms with van der Waals surface area (Å²) in [4.78, 5) is 15.9. The Balaban J connectivity index is 1.68. The molecule has 0 radical (unpaired) electrons. The molecule has 6 heteroatoms. The van der Waals surface area contributed by atoms with Crippen LogP contribution in [0.25, 0.3) is 0 Å². The molecule has 2 aromatic rings. The summed E-state index contributed by atoms with van der Waals surface area (Å²) in [6.45, 7) is 6.54. The topological polar surface area (TPSA) is 59.8 Å². The van der Waals surface area contributed by atoms with Crippen molar-refractivity contribution < 1.29 is 9.47 Å². The maximum absolute atomic E-state index is 5.83. The molecule has 4 heterocycles. The Morgan fingerprint density at radius 1 is 1.12 bits per heavy atom. The first kappa shape index (κ1) is 16.0. The Bertz CT molecular complexity index is 811. The molecule has 0 saturated carbocycles. The quantitative estimate of drug-likeness (QED) is 0.860. The number of anilines is 1. The van der Waals surface area contributed by atoms with E-state index < -0.39 is 0 Å². The highest BCUT2D eigenvalue weighted by molar-refractivity contribution is 6.16. The highest BCUT2D eigenvalue weighted by Gasteiger charge is 2.26. The Morgan fingerprint density at radius 3 is 2.64 bits per heavy atom. The van der Waals surface area contributed by atoms with Crippen LogP contribution in [0.3, 0.4) is 0 Å². The molecule has 6 nitrogen and oxygen atoms in total. The predicted molar refractivity (Wildman–Crippen MR) is 96.6 cm³/mol. The number of aromatic nitrogens is 2. The van der Waals surface area contributed by atoms with Gasteiger partial charge in [-0.1, -0.05) is 0 Å². The van der Waals surface area contributed by atoms with Crippen molar-refractivity contribution in [3.05, 3.63) is 47.3 Å². The van der Waals surface area contributed by atoms with E-state index in [-0.39, 0.29) is 12.2 Å². The average molecular weight is 338 g/mol. The minimum absolute atomic E-state index is 0.197. The lowest BCUT2D eigenvalue weighted by Crippen LogP contribution is -2.45. The number of morpholine rings is 1. The van der Waals surface area contributed by atoms with Crippen molar-refractivity contribution in [2.45, 2.75) is 32.6 Å². The fourth-order valence-corrected chi connectivity index (χ4v) is 3.60. The van der Waals surface area contributed by atoms with Gasteiger partial charge in [0.1, 0.15) is 5.82 Å². The maximum atomic E-state index is 5.83. The van der Waals surface area contributed by atoms with Crippen LogP contribution < -0.4 is 9.64 Å². The van der Waals surface area contributed by atoms with E-state index in [1.165, 1.54) is 0 Å². The maximum Gasteiger partial charge on any atom is 0.222 e. The lowest BCUT2D eigenvalue weighted by atomic mass is 10.0. The van der Waals surface area contributed by atoms with Crippen molar-refractivity contribution in [1.82, 2.24) is 9.97 Å². The van der Waals surface area contributed by atoms with Crippen LogP contribution in [0.5, 0.6) is 5.88 Å². The number of aliphatic imine (C=N–C) groups is 1. The van der Waals surface area contributed by atoms with Crippen LogP contribution in [-0.2, 0) is 11.3 Å². The molecule has 0 N–H and O–H groups in total. The number of hydrogen-bond donors (Lipinski definition) is 0. The van der Waals surface area contributed by atoms with E-state index in [2.05, 4.69) is 34.8 Å². The van der Waals surface area contributed by atoms with Crippen LogP contribution in [0.4, 0.5) is 5.82 Å². The van der Waals surface area contributed by atoms with Crippen LogP contribution in [0.2, 0.25) is 0 Å². The standard InChI is InChI=1S/C19H22N4O2/c1-12-10-23(11-13(2)25-12)16-8-14(4-6-20-16)18-17-15(9-22-18)5-7-21-19(17)24-3/h4-8,12-13H,9-11H2,1-3H3. The Morgan fingerprint density at radius 2 is 1.88 bits per heavy atom. The van der Waals surface area contributed by atoms with Gasteiger partial charge >= 0.3 is 0 Å². The van der Waals surface area contributed by atoms with Gasteiger partial charge in [0.25, 0.3) is 0 Å². The number of fused-ring (bicyclic) bond motifs is 1. The molecule has 0 aromatic carbocycles. The van der Waals surface area contributed by atoms with Crippen LogP contribution in [0, 0.1) is 0 Å². The normalized spacial score (nSPS) is 22.5. The lowest BCUT2D eigenvalue weighted by molar-refractivity contribution is -0.00545. The van der Waals surface area contributed by atoms with Crippen LogP contribution >= 0.6 is 0 Å². The van der Waals surface area contributed by atoms with Gasteiger partial charge in [-0.15, -0.1) is 0 Å². The summed E-state index contributed by atoms with van der Waals surface area (Å²) in [5.74, 6) is 1.58. The molecule has 2 unspecified atom stereocenters.